The SMILES string of the molecule is CCCCCN(CCO)C(=O)Nc1cc(CC)nn1C. The average Bonchev–Trinajstić information content (AvgIpc) is 2.78. The Hall–Kier alpha value is -1.56. The molecule has 0 bridgehead atoms. The molecule has 0 saturated carbocycles. The fourth-order valence-corrected chi connectivity index (χ4v) is 1.99. The maximum atomic E-state index is 12.2. The van der Waals surface area contributed by atoms with E-state index in [9.17, 15) is 4.79 Å². The number of anilines is 1. The third-order valence-electron chi connectivity index (χ3n) is 3.22. The number of hydrogen-bond acceptors (Lipinski definition) is 3. The second-order valence-electron chi connectivity index (χ2n) is 4.85. The van der Waals surface area contributed by atoms with Gasteiger partial charge < -0.3 is 10.0 Å². The first-order valence-electron chi connectivity index (χ1n) is 7.32. The molecule has 0 aliphatic heterocycles. The van der Waals surface area contributed by atoms with E-state index < -0.39 is 0 Å². The summed E-state index contributed by atoms with van der Waals surface area (Å²) in [4.78, 5) is 13.9. The van der Waals surface area contributed by atoms with Crippen molar-refractivity contribution in [3.8, 4) is 0 Å². The lowest BCUT2D eigenvalue weighted by Crippen LogP contribution is -2.38. The Morgan fingerprint density at radius 1 is 1.40 bits per heavy atom. The minimum absolute atomic E-state index is 0.0227. The number of carbonyl (C=O) groups excluding carboxylic acids is 1. The first kappa shape index (κ1) is 16.5. The monoisotopic (exact) mass is 282 g/mol. The van der Waals surface area contributed by atoms with Crippen molar-refractivity contribution in [3.63, 3.8) is 0 Å². The molecule has 0 radical (unpaired) electrons. The van der Waals surface area contributed by atoms with Crippen LogP contribution >= 0.6 is 0 Å². The van der Waals surface area contributed by atoms with Gasteiger partial charge in [-0.1, -0.05) is 26.7 Å². The highest BCUT2D eigenvalue weighted by atomic mass is 16.3. The van der Waals surface area contributed by atoms with Gasteiger partial charge in [0.05, 0.1) is 12.3 Å². The van der Waals surface area contributed by atoms with Crippen LogP contribution in [0.4, 0.5) is 10.6 Å². The number of hydrogen-bond donors (Lipinski definition) is 2. The zero-order valence-electron chi connectivity index (χ0n) is 12.7. The summed E-state index contributed by atoms with van der Waals surface area (Å²) >= 11 is 0. The van der Waals surface area contributed by atoms with E-state index in [0.717, 1.165) is 31.4 Å². The van der Waals surface area contributed by atoms with Gasteiger partial charge in [0.2, 0.25) is 0 Å². The van der Waals surface area contributed by atoms with Gasteiger partial charge >= 0.3 is 6.03 Å². The Morgan fingerprint density at radius 2 is 2.15 bits per heavy atom. The molecule has 0 spiro atoms. The number of carbonyl (C=O) groups is 1. The molecule has 2 amide bonds. The van der Waals surface area contributed by atoms with Gasteiger partial charge in [0, 0.05) is 26.2 Å². The van der Waals surface area contributed by atoms with Gasteiger partial charge in [0.1, 0.15) is 5.82 Å². The van der Waals surface area contributed by atoms with Crippen LogP contribution in [0, 0.1) is 0 Å². The minimum Gasteiger partial charge on any atom is -0.395 e. The second kappa shape index (κ2) is 8.58. The number of nitrogens with one attached hydrogen (secondary N) is 1. The van der Waals surface area contributed by atoms with Gasteiger partial charge in [-0.15, -0.1) is 0 Å². The molecule has 6 heteroatoms. The smallest absolute Gasteiger partial charge is 0.323 e. The molecule has 0 fully saturated rings. The van der Waals surface area contributed by atoms with E-state index in [2.05, 4.69) is 17.3 Å². The lowest BCUT2D eigenvalue weighted by atomic mass is 10.2. The standard InChI is InChI=1S/C14H26N4O2/c1-4-6-7-8-18(9-10-19)14(20)15-13-11-12(5-2)16-17(13)3/h11,19H,4-10H2,1-3H3,(H,15,20). The summed E-state index contributed by atoms with van der Waals surface area (Å²) < 4.78 is 1.67. The van der Waals surface area contributed by atoms with Gasteiger partial charge in [0.25, 0.3) is 0 Å². The summed E-state index contributed by atoms with van der Waals surface area (Å²) in [6.45, 7) is 5.15. The van der Waals surface area contributed by atoms with Crippen molar-refractivity contribution in [1.82, 2.24) is 14.7 Å². The predicted octanol–water partition coefficient (Wildman–Crippen LogP) is 2.00. The van der Waals surface area contributed by atoms with E-state index >= 15 is 0 Å². The highest BCUT2D eigenvalue weighted by Gasteiger charge is 2.14. The van der Waals surface area contributed by atoms with E-state index in [1.54, 1.807) is 9.58 Å². The van der Waals surface area contributed by atoms with Crippen LogP contribution in [-0.4, -0.2) is 45.5 Å². The van der Waals surface area contributed by atoms with Crippen LogP contribution in [0.15, 0.2) is 6.07 Å². The van der Waals surface area contributed by atoms with E-state index in [1.807, 2.05) is 20.0 Å². The van der Waals surface area contributed by atoms with E-state index in [1.165, 1.54) is 0 Å². The third-order valence-corrected chi connectivity index (χ3v) is 3.22. The summed E-state index contributed by atoms with van der Waals surface area (Å²) in [5.41, 5.74) is 0.947. The first-order chi connectivity index (χ1) is 9.62. The molecule has 0 unspecified atom stereocenters. The van der Waals surface area contributed by atoms with Gasteiger partial charge in [-0.05, 0) is 12.8 Å². The number of aliphatic hydroxyl groups is 1. The van der Waals surface area contributed by atoms with Crippen molar-refractivity contribution < 1.29 is 9.90 Å². The summed E-state index contributed by atoms with van der Waals surface area (Å²) in [5, 5.41) is 16.2. The number of urea groups is 1. The van der Waals surface area contributed by atoms with Crippen LogP contribution in [0.5, 0.6) is 0 Å². The fraction of sp³-hybridized carbons (Fsp3) is 0.714. The molecule has 0 saturated heterocycles. The quantitative estimate of drug-likeness (QED) is 0.716. The molecule has 0 aromatic carbocycles. The van der Waals surface area contributed by atoms with E-state index in [4.69, 9.17) is 5.11 Å². The molecule has 6 nitrogen and oxygen atoms in total. The van der Waals surface area contributed by atoms with Crippen LogP contribution in [0.25, 0.3) is 0 Å². The molecule has 0 aliphatic rings. The first-order valence-corrected chi connectivity index (χ1v) is 7.32. The summed E-state index contributed by atoms with van der Waals surface area (Å²) in [7, 11) is 1.81. The van der Waals surface area contributed by atoms with Crippen molar-refractivity contribution in [2.45, 2.75) is 39.5 Å². The summed E-state index contributed by atoms with van der Waals surface area (Å²) in [6, 6.07) is 1.70. The van der Waals surface area contributed by atoms with Crippen LogP contribution in [-0.2, 0) is 13.5 Å². The highest BCUT2D eigenvalue weighted by molar-refractivity contribution is 5.88. The molecule has 0 atom stereocenters. The van der Waals surface area contributed by atoms with Crippen molar-refractivity contribution in [1.29, 1.82) is 0 Å². The van der Waals surface area contributed by atoms with E-state index in [0.29, 0.717) is 18.9 Å². The zero-order chi connectivity index (χ0) is 15.0. The van der Waals surface area contributed by atoms with Crippen molar-refractivity contribution in [3.05, 3.63) is 11.8 Å². The lowest BCUT2D eigenvalue weighted by Gasteiger charge is -2.22. The van der Waals surface area contributed by atoms with Crippen molar-refractivity contribution in [2.24, 2.45) is 7.05 Å². The molecule has 1 heterocycles. The maximum Gasteiger partial charge on any atom is 0.323 e. The Balaban J connectivity index is 2.61. The number of nitrogens with zero attached hydrogens (tertiary/aromatic N) is 3. The molecular formula is C14H26N4O2. The largest absolute Gasteiger partial charge is 0.395 e. The van der Waals surface area contributed by atoms with Gasteiger partial charge in [-0.2, -0.15) is 5.10 Å². The Kier molecular flexibility index (Phi) is 7.08. The number of aryl methyl sites for hydroxylation is 2. The fourth-order valence-electron chi connectivity index (χ4n) is 1.99. The molecular weight excluding hydrogens is 256 g/mol. The Labute approximate surface area is 120 Å². The maximum absolute atomic E-state index is 12.2. The van der Waals surface area contributed by atoms with Crippen LogP contribution < -0.4 is 5.32 Å². The van der Waals surface area contributed by atoms with Gasteiger partial charge in [0.15, 0.2) is 0 Å². The second-order valence-corrected chi connectivity index (χ2v) is 4.85. The number of amides is 2. The average molecular weight is 282 g/mol. The minimum atomic E-state index is -0.180. The van der Waals surface area contributed by atoms with Gasteiger partial charge in [-0.3, -0.25) is 10.00 Å². The number of aliphatic hydroxyl groups excluding tert-OH is 1. The van der Waals surface area contributed by atoms with Gasteiger partial charge in [-0.25, -0.2) is 4.79 Å². The zero-order valence-corrected chi connectivity index (χ0v) is 12.7. The molecule has 20 heavy (non-hydrogen) atoms. The topological polar surface area (TPSA) is 70.4 Å². The van der Waals surface area contributed by atoms with Crippen molar-refractivity contribution in [2.75, 3.05) is 25.0 Å². The van der Waals surface area contributed by atoms with E-state index in [-0.39, 0.29) is 12.6 Å². The third kappa shape index (κ3) is 4.85. The number of aromatic nitrogens is 2. The Bertz CT molecular complexity index is 417. The van der Waals surface area contributed by atoms with Crippen LogP contribution in [0.3, 0.4) is 0 Å². The summed E-state index contributed by atoms with van der Waals surface area (Å²) in [6.07, 6.45) is 3.98. The normalized spacial score (nSPS) is 10.6. The Morgan fingerprint density at radius 3 is 2.70 bits per heavy atom. The molecule has 2 N–H and O–H groups in total. The molecule has 1 aromatic heterocycles. The molecule has 0 aliphatic carbocycles. The number of unbranched alkanes of at least 4 members (excludes halogenated alkanes) is 2. The van der Waals surface area contributed by atoms with Crippen LogP contribution in [0.1, 0.15) is 38.8 Å². The number of rotatable bonds is 8. The summed E-state index contributed by atoms with van der Waals surface area (Å²) in [5.74, 6) is 0.685. The molecule has 1 aromatic rings. The van der Waals surface area contributed by atoms with Crippen LogP contribution in [0.2, 0.25) is 0 Å². The molecule has 1 rings (SSSR count). The lowest BCUT2D eigenvalue weighted by molar-refractivity contribution is 0.187. The highest BCUT2D eigenvalue weighted by Crippen LogP contribution is 2.11. The molecule has 114 valence electrons. The predicted molar refractivity (Wildman–Crippen MR) is 79.8 cm³/mol. The van der Waals surface area contributed by atoms with Crippen molar-refractivity contribution >= 4 is 11.8 Å².